The molecule has 142 valence electrons. The van der Waals surface area contributed by atoms with Gasteiger partial charge < -0.3 is 9.47 Å². The number of hydrogen-bond donors (Lipinski definition) is 0. The van der Waals surface area contributed by atoms with E-state index >= 15 is 0 Å². The van der Waals surface area contributed by atoms with E-state index in [0.29, 0.717) is 0 Å². The molecule has 0 aliphatic rings. The van der Waals surface area contributed by atoms with Crippen LogP contribution in [0, 0.1) is 11.8 Å². The summed E-state index contributed by atoms with van der Waals surface area (Å²) in [5.74, 6) is -0.524. The summed E-state index contributed by atoms with van der Waals surface area (Å²) in [4.78, 5) is 24.2. The highest BCUT2D eigenvalue weighted by atomic mass is 16.6. The molecule has 0 saturated heterocycles. The van der Waals surface area contributed by atoms with E-state index < -0.39 is 0 Å². The topological polar surface area (TPSA) is 52.6 Å². The highest BCUT2D eigenvalue weighted by Crippen LogP contribution is 2.15. The molecular weight excluding hydrogens is 304 g/mol. The second-order valence-electron chi connectivity index (χ2n) is 6.92. The van der Waals surface area contributed by atoms with Gasteiger partial charge in [0.25, 0.3) is 0 Å². The van der Waals surface area contributed by atoms with E-state index in [1.165, 1.54) is 0 Å². The van der Waals surface area contributed by atoms with E-state index in [9.17, 15) is 9.59 Å². The Hall–Kier alpha value is -1.06. The van der Waals surface area contributed by atoms with Crippen molar-refractivity contribution in [2.45, 2.75) is 98.5 Å². The highest BCUT2D eigenvalue weighted by molar-refractivity contribution is 5.73. The third-order valence-corrected chi connectivity index (χ3v) is 4.36. The van der Waals surface area contributed by atoms with Gasteiger partial charge in [0.2, 0.25) is 0 Å². The minimum absolute atomic E-state index is 0.0871. The van der Waals surface area contributed by atoms with Crippen LogP contribution in [0.5, 0.6) is 0 Å². The molecule has 3 atom stereocenters. The van der Waals surface area contributed by atoms with Crippen LogP contribution in [0.4, 0.5) is 0 Å². The fourth-order valence-electron chi connectivity index (χ4n) is 2.46. The lowest BCUT2D eigenvalue weighted by molar-refractivity contribution is -0.164. The molecule has 0 saturated carbocycles. The van der Waals surface area contributed by atoms with Crippen molar-refractivity contribution in [1.82, 2.24) is 0 Å². The molecule has 0 spiro atoms. The van der Waals surface area contributed by atoms with Crippen molar-refractivity contribution >= 4 is 11.9 Å². The van der Waals surface area contributed by atoms with Crippen LogP contribution in [0.15, 0.2) is 0 Å². The van der Waals surface area contributed by atoms with Crippen LogP contribution in [-0.2, 0) is 19.1 Å². The molecule has 24 heavy (non-hydrogen) atoms. The molecule has 4 nitrogen and oxygen atoms in total. The van der Waals surface area contributed by atoms with Gasteiger partial charge in [-0.3, -0.25) is 9.59 Å². The average molecular weight is 343 g/mol. The smallest absolute Gasteiger partial charge is 0.309 e. The van der Waals surface area contributed by atoms with Crippen molar-refractivity contribution in [1.29, 1.82) is 0 Å². The maximum atomic E-state index is 12.2. The zero-order valence-corrected chi connectivity index (χ0v) is 16.4. The largest absolute Gasteiger partial charge is 0.462 e. The van der Waals surface area contributed by atoms with Crippen molar-refractivity contribution in [3.8, 4) is 0 Å². The van der Waals surface area contributed by atoms with Crippen molar-refractivity contribution in [3.05, 3.63) is 0 Å². The molecule has 0 radical (unpaired) electrons. The predicted octanol–water partition coefficient (Wildman–Crippen LogP) is 5.28. The SMILES string of the molecule is CCCCC(COC(=O)C(C)CCCC)OC(=O)C(C)CCCC. The first kappa shape index (κ1) is 22.9. The number of carbonyl (C=O) groups is 2. The van der Waals surface area contributed by atoms with Gasteiger partial charge in [-0.1, -0.05) is 66.7 Å². The molecule has 0 aromatic carbocycles. The van der Waals surface area contributed by atoms with Crippen LogP contribution in [0.1, 0.15) is 92.4 Å². The minimum Gasteiger partial charge on any atom is -0.462 e. The zero-order valence-electron chi connectivity index (χ0n) is 16.4. The summed E-state index contributed by atoms with van der Waals surface area (Å²) in [6, 6.07) is 0. The molecule has 0 amide bonds. The number of hydrogen-bond acceptors (Lipinski definition) is 4. The van der Waals surface area contributed by atoms with Gasteiger partial charge in [-0.25, -0.2) is 0 Å². The van der Waals surface area contributed by atoms with Crippen LogP contribution >= 0.6 is 0 Å². The van der Waals surface area contributed by atoms with Crippen LogP contribution in [0.2, 0.25) is 0 Å². The first-order valence-corrected chi connectivity index (χ1v) is 9.83. The van der Waals surface area contributed by atoms with Gasteiger partial charge in [0, 0.05) is 0 Å². The highest BCUT2D eigenvalue weighted by Gasteiger charge is 2.22. The molecule has 0 bridgehead atoms. The Morgan fingerprint density at radius 1 is 0.750 bits per heavy atom. The molecular formula is C20H38O4. The molecule has 0 N–H and O–H groups in total. The fourth-order valence-corrected chi connectivity index (χ4v) is 2.46. The van der Waals surface area contributed by atoms with Gasteiger partial charge in [-0.15, -0.1) is 0 Å². The zero-order chi connectivity index (χ0) is 18.4. The Morgan fingerprint density at radius 3 is 1.71 bits per heavy atom. The van der Waals surface area contributed by atoms with Gasteiger partial charge in [-0.05, 0) is 25.7 Å². The maximum Gasteiger partial charge on any atom is 0.309 e. The third-order valence-electron chi connectivity index (χ3n) is 4.36. The number of esters is 2. The summed E-state index contributed by atoms with van der Waals surface area (Å²) < 4.78 is 11.0. The third kappa shape index (κ3) is 10.7. The molecule has 0 aromatic heterocycles. The number of carbonyl (C=O) groups excluding carboxylic acids is 2. The number of rotatable bonds is 14. The van der Waals surface area contributed by atoms with Crippen molar-refractivity contribution in [3.63, 3.8) is 0 Å². The van der Waals surface area contributed by atoms with E-state index in [2.05, 4.69) is 20.8 Å². The van der Waals surface area contributed by atoms with Gasteiger partial charge in [0.05, 0.1) is 11.8 Å². The lowest BCUT2D eigenvalue weighted by atomic mass is 10.0. The first-order valence-electron chi connectivity index (χ1n) is 9.83. The van der Waals surface area contributed by atoms with Crippen LogP contribution in [0.25, 0.3) is 0 Å². The molecule has 0 heterocycles. The molecule has 0 aliphatic carbocycles. The van der Waals surface area contributed by atoms with Gasteiger partial charge in [-0.2, -0.15) is 0 Å². The minimum atomic E-state index is -0.316. The van der Waals surface area contributed by atoms with Crippen molar-refractivity contribution in [2.24, 2.45) is 11.8 Å². The van der Waals surface area contributed by atoms with E-state index in [0.717, 1.165) is 57.8 Å². The standard InChI is InChI=1S/C20H38O4/c1-6-9-12-16(4)19(21)23-15-18(14-11-8-3)24-20(22)17(5)13-10-7-2/h16-18H,6-15H2,1-5H3. The second kappa shape index (κ2) is 14.3. The average Bonchev–Trinajstić information content (AvgIpc) is 2.58. The summed E-state index contributed by atoms with van der Waals surface area (Å²) >= 11 is 0. The monoisotopic (exact) mass is 342 g/mol. The van der Waals surface area contributed by atoms with Gasteiger partial charge >= 0.3 is 11.9 Å². The fraction of sp³-hybridized carbons (Fsp3) is 0.900. The predicted molar refractivity (Wildman–Crippen MR) is 97.7 cm³/mol. The number of ether oxygens (including phenoxy) is 2. The molecule has 0 aliphatic heterocycles. The quantitative estimate of drug-likeness (QED) is 0.403. The lowest BCUT2D eigenvalue weighted by Crippen LogP contribution is -2.29. The molecule has 4 heteroatoms. The number of unbranched alkanes of at least 4 members (excludes halogenated alkanes) is 3. The van der Waals surface area contributed by atoms with Crippen LogP contribution in [0.3, 0.4) is 0 Å². The molecule has 0 fully saturated rings. The Kier molecular flexibility index (Phi) is 13.7. The summed E-state index contributed by atoms with van der Waals surface area (Å²) in [6.45, 7) is 10.3. The summed E-state index contributed by atoms with van der Waals surface area (Å²) in [6.07, 6.45) is 8.33. The van der Waals surface area contributed by atoms with E-state index in [1.807, 2.05) is 13.8 Å². The van der Waals surface area contributed by atoms with Crippen LogP contribution < -0.4 is 0 Å². The van der Waals surface area contributed by atoms with Crippen molar-refractivity contribution in [2.75, 3.05) is 6.61 Å². The summed E-state index contributed by atoms with van der Waals surface area (Å²) in [5.41, 5.74) is 0. The Balaban J connectivity index is 4.39. The van der Waals surface area contributed by atoms with E-state index in [-0.39, 0.29) is 36.5 Å². The Bertz CT molecular complexity index is 341. The van der Waals surface area contributed by atoms with Gasteiger partial charge in [0.1, 0.15) is 12.7 Å². The Morgan fingerprint density at radius 2 is 1.21 bits per heavy atom. The van der Waals surface area contributed by atoms with Gasteiger partial charge in [0.15, 0.2) is 0 Å². The summed E-state index contributed by atoms with van der Waals surface area (Å²) in [5, 5.41) is 0. The first-order chi connectivity index (χ1) is 11.5. The van der Waals surface area contributed by atoms with E-state index in [1.54, 1.807) is 0 Å². The maximum absolute atomic E-state index is 12.2. The second-order valence-corrected chi connectivity index (χ2v) is 6.92. The molecule has 0 rings (SSSR count). The Labute approximate surface area is 148 Å². The summed E-state index contributed by atoms with van der Waals surface area (Å²) in [7, 11) is 0. The molecule has 3 unspecified atom stereocenters. The van der Waals surface area contributed by atoms with Crippen molar-refractivity contribution < 1.29 is 19.1 Å². The molecule has 0 aromatic rings. The normalized spacial score (nSPS) is 14.7. The lowest BCUT2D eigenvalue weighted by Gasteiger charge is -2.21. The van der Waals surface area contributed by atoms with Crippen LogP contribution in [-0.4, -0.2) is 24.6 Å². The van der Waals surface area contributed by atoms with E-state index in [4.69, 9.17) is 9.47 Å².